The summed E-state index contributed by atoms with van der Waals surface area (Å²) in [5, 5.41) is 3.19. The van der Waals surface area contributed by atoms with Crippen LogP contribution >= 0.6 is 11.6 Å². The number of nitrogens with zero attached hydrogens (tertiary/aromatic N) is 2. The number of hydrogen-bond donors (Lipinski definition) is 2. The Bertz CT molecular complexity index is 1120. The van der Waals surface area contributed by atoms with Gasteiger partial charge in [-0.2, -0.15) is 17.9 Å². The summed E-state index contributed by atoms with van der Waals surface area (Å²) in [5.74, 6) is -0.558. The van der Waals surface area contributed by atoms with Crippen LogP contribution in [0, 0.1) is 0 Å². The normalized spacial score (nSPS) is 20.7. The molecule has 4 rings (SSSR count). The van der Waals surface area contributed by atoms with Crippen molar-refractivity contribution in [3.05, 3.63) is 53.1 Å². The van der Waals surface area contributed by atoms with Crippen molar-refractivity contribution in [2.75, 3.05) is 36.4 Å². The topological polar surface area (TPSA) is 81.7 Å². The van der Waals surface area contributed by atoms with E-state index in [4.69, 9.17) is 11.6 Å². The Balaban J connectivity index is 1.49. The van der Waals surface area contributed by atoms with E-state index in [0.29, 0.717) is 43.3 Å². The molecule has 1 saturated heterocycles. The molecule has 2 aromatic rings. The van der Waals surface area contributed by atoms with Crippen LogP contribution in [0.3, 0.4) is 0 Å². The van der Waals surface area contributed by atoms with E-state index >= 15 is 0 Å². The van der Waals surface area contributed by atoms with Gasteiger partial charge in [-0.1, -0.05) is 17.7 Å². The Morgan fingerprint density at radius 3 is 2.42 bits per heavy atom. The van der Waals surface area contributed by atoms with E-state index in [-0.39, 0.29) is 10.6 Å². The summed E-state index contributed by atoms with van der Waals surface area (Å²) in [7, 11) is -4.15. The van der Waals surface area contributed by atoms with Crippen molar-refractivity contribution >= 4 is 38.9 Å². The first-order valence-corrected chi connectivity index (χ1v) is 11.2. The van der Waals surface area contributed by atoms with Gasteiger partial charge in [0.05, 0.1) is 11.3 Å². The molecule has 2 aliphatic heterocycles. The van der Waals surface area contributed by atoms with Crippen molar-refractivity contribution in [2.45, 2.75) is 17.2 Å². The molecule has 12 heteroatoms. The van der Waals surface area contributed by atoms with E-state index in [1.54, 1.807) is 6.07 Å². The van der Waals surface area contributed by atoms with Gasteiger partial charge in [-0.25, -0.2) is 8.42 Å². The molecule has 0 aromatic heterocycles. The minimum Gasteiger partial charge on any atom is -0.368 e. The number of nitrogens with one attached hydrogen (secondary N) is 2. The standard InChI is InChI=1S/C19H18ClF3N4O3S/c20-13-2-1-3-14(11-13)26-6-8-27(9-7-26)18(28)17-24-15-10-12(19(21,22)23)4-5-16(15)31(29,30)25-17/h1-5,10-11,17,24-25H,6-9H2/t17-/m0/s1. The number of carbonyl (C=O) groups is 1. The van der Waals surface area contributed by atoms with E-state index in [1.807, 2.05) is 23.1 Å². The number of benzene rings is 2. The smallest absolute Gasteiger partial charge is 0.368 e. The largest absolute Gasteiger partial charge is 0.416 e. The highest BCUT2D eigenvalue weighted by Gasteiger charge is 2.38. The number of anilines is 2. The highest BCUT2D eigenvalue weighted by Crippen LogP contribution is 2.35. The molecular weight excluding hydrogens is 457 g/mol. The van der Waals surface area contributed by atoms with E-state index < -0.39 is 33.8 Å². The molecule has 0 radical (unpaired) electrons. The highest BCUT2D eigenvalue weighted by molar-refractivity contribution is 7.89. The SMILES string of the molecule is O=C([C@H]1Nc2cc(C(F)(F)F)ccc2S(=O)(=O)N1)N1CCN(c2cccc(Cl)c2)CC1. The van der Waals surface area contributed by atoms with Crippen molar-refractivity contribution in [3.8, 4) is 0 Å². The number of fused-ring (bicyclic) bond motifs is 1. The van der Waals surface area contributed by atoms with Crippen molar-refractivity contribution in [2.24, 2.45) is 0 Å². The second-order valence-corrected chi connectivity index (χ2v) is 9.32. The van der Waals surface area contributed by atoms with Crippen molar-refractivity contribution in [3.63, 3.8) is 0 Å². The number of piperazine rings is 1. The maximum Gasteiger partial charge on any atom is 0.416 e. The van der Waals surface area contributed by atoms with E-state index in [1.165, 1.54) is 4.90 Å². The predicted molar refractivity (Wildman–Crippen MR) is 109 cm³/mol. The summed E-state index contributed by atoms with van der Waals surface area (Å²) in [6.07, 6.45) is -6.03. The second kappa shape index (κ2) is 7.88. The lowest BCUT2D eigenvalue weighted by Crippen LogP contribution is -2.58. The average Bonchev–Trinajstić information content (AvgIpc) is 2.72. The minimum absolute atomic E-state index is 0.260. The monoisotopic (exact) mass is 474 g/mol. The Morgan fingerprint density at radius 2 is 1.77 bits per heavy atom. The molecule has 1 fully saturated rings. The quantitative estimate of drug-likeness (QED) is 0.699. The van der Waals surface area contributed by atoms with Gasteiger partial charge in [0.1, 0.15) is 4.90 Å². The third-order valence-corrected chi connectivity index (χ3v) is 6.90. The molecule has 0 spiro atoms. The van der Waals surface area contributed by atoms with Crippen LogP contribution in [0.15, 0.2) is 47.4 Å². The summed E-state index contributed by atoms with van der Waals surface area (Å²) < 4.78 is 66.2. The lowest BCUT2D eigenvalue weighted by Gasteiger charge is -2.38. The lowest BCUT2D eigenvalue weighted by molar-refractivity contribution is -0.137. The molecule has 166 valence electrons. The molecular formula is C19H18ClF3N4O3S. The van der Waals surface area contributed by atoms with E-state index in [2.05, 4.69) is 10.0 Å². The fourth-order valence-electron chi connectivity index (χ4n) is 3.61. The number of rotatable bonds is 2. The second-order valence-electron chi connectivity index (χ2n) is 7.20. The van der Waals surface area contributed by atoms with Gasteiger partial charge in [-0.05, 0) is 36.4 Å². The third kappa shape index (κ3) is 4.43. The van der Waals surface area contributed by atoms with Gasteiger partial charge in [0.25, 0.3) is 5.91 Å². The maximum absolute atomic E-state index is 13.0. The molecule has 0 bridgehead atoms. The van der Waals surface area contributed by atoms with Gasteiger partial charge >= 0.3 is 6.18 Å². The molecule has 7 nitrogen and oxygen atoms in total. The number of carbonyl (C=O) groups excluding carboxylic acids is 1. The van der Waals surface area contributed by atoms with Crippen LogP contribution in [0.25, 0.3) is 0 Å². The molecule has 2 N–H and O–H groups in total. The number of halogens is 4. The summed E-state index contributed by atoms with van der Waals surface area (Å²) in [4.78, 5) is 16.1. The van der Waals surface area contributed by atoms with Crippen LogP contribution in [-0.4, -0.2) is 51.6 Å². The zero-order valence-corrected chi connectivity index (χ0v) is 17.6. The van der Waals surface area contributed by atoms with Crippen LogP contribution in [-0.2, 0) is 21.0 Å². The molecule has 1 amide bonds. The first kappa shape index (κ1) is 21.7. The minimum atomic E-state index is -4.64. The zero-order chi connectivity index (χ0) is 22.4. The Morgan fingerprint density at radius 1 is 1.06 bits per heavy atom. The van der Waals surface area contributed by atoms with Crippen LogP contribution in [0.2, 0.25) is 5.02 Å². The maximum atomic E-state index is 13.0. The van der Waals surface area contributed by atoms with Gasteiger partial charge in [-0.15, -0.1) is 0 Å². The van der Waals surface area contributed by atoms with Crippen LogP contribution < -0.4 is 14.9 Å². The molecule has 0 unspecified atom stereocenters. The van der Waals surface area contributed by atoms with Crippen molar-refractivity contribution in [1.29, 1.82) is 0 Å². The Kier molecular flexibility index (Phi) is 5.52. The predicted octanol–water partition coefficient (Wildman–Crippen LogP) is 2.74. The molecule has 0 saturated carbocycles. The first-order chi connectivity index (χ1) is 14.5. The molecule has 2 aromatic carbocycles. The molecule has 31 heavy (non-hydrogen) atoms. The van der Waals surface area contributed by atoms with Gasteiger partial charge in [-0.3, -0.25) is 4.79 Å². The first-order valence-electron chi connectivity index (χ1n) is 9.34. The lowest BCUT2D eigenvalue weighted by atomic mass is 10.2. The number of amides is 1. The van der Waals surface area contributed by atoms with Gasteiger partial charge in [0, 0.05) is 36.9 Å². The average molecular weight is 475 g/mol. The summed E-state index contributed by atoms with van der Waals surface area (Å²) in [6, 6.07) is 9.55. The zero-order valence-electron chi connectivity index (χ0n) is 16.0. The number of hydrogen-bond acceptors (Lipinski definition) is 5. The summed E-state index contributed by atoms with van der Waals surface area (Å²) in [6.45, 7) is 1.64. The van der Waals surface area contributed by atoms with Gasteiger partial charge < -0.3 is 15.1 Å². The van der Waals surface area contributed by atoms with Gasteiger partial charge in [0.2, 0.25) is 10.0 Å². The van der Waals surface area contributed by atoms with E-state index in [0.717, 1.165) is 11.8 Å². The third-order valence-electron chi connectivity index (χ3n) is 5.18. The van der Waals surface area contributed by atoms with Crippen LogP contribution in [0.4, 0.5) is 24.5 Å². The fourth-order valence-corrected chi connectivity index (χ4v) is 5.05. The molecule has 2 heterocycles. The number of alkyl halides is 3. The van der Waals surface area contributed by atoms with Crippen LogP contribution in [0.1, 0.15) is 5.56 Å². The Hall–Kier alpha value is -2.50. The van der Waals surface area contributed by atoms with Gasteiger partial charge in [0.15, 0.2) is 6.17 Å². The molecule has 0 aliphatic carbocycles. The summed E-state index contributed by atoms with van der Waals surface area (Å²) >= 11 is 6.02. The fraction of sp³-hybridized carbons (Fsp3) is 0.316. The summed E-state index contributed by atoms with van der Waals surface area (Å²) in [5.41, 5.74) is -0.355. The number of sulfonamides is 1. The van der Waals surface area contributed by atoms with E-state index in [9.17, 15) is 26.4 Å². The molecule has 1 atom stereocenters. The Labute approximate surface area is 181 Å². The van der Waals surface area contributed by atoms with Crippen LogP contribution in [0.5, 0.6) is 0 Å². The molecule has 2 aliphatic rings. The van der Waals surface area contributed by atoms with Crippen molar-refractivity contribution < 1.29 is 26.4 Å². The highest BCUT2D eigenvalue weighted by atomic mass is 35.5. The van der Waals surface area contributed by atoms with Crippen molar-refractivity contribution in [1.82, 2.24) is 9.62 Å².